The molecule has 12 rings (SSSR count). The molecular weight excluding hydrogens is 1320 g/mol. The maximum atomic E-state index is 12.1. The highest BCUT2D eigenvalue weighted by Crippen LogP contribution is 2.43. The van der Waals surface area contributed by atoms with Crippen LogP contribution in [0.25, 0.3) is 0 Å². The number of anilines is 1. The fourth-order valence-electron chi connectivity index (χ4n) is 6.92. The second-order valence-electron chi connectivity index (χ2n) is 24.8. The van der Waals surface area contributed by atoms with Gasteiger partial charge in [0.1, 0.15) is 69.2 Å². The van der Waals surface area contributed by atoms with Crippen molar-refractivity contribution in [3.05, 3.63) is 181 Å². The number of nitro benzene ring substituents is 2. The van der Waals surface area contributed by atoms with Crippen molar-refractivity contribution in [2.45, 2.75) is 182 Å². The van der Waals surface area contributed by atoms with Gasteiger partial charge in [0.2, 0.25) is 10.0 Å². The number of hydrogen-bond donors (Lipinski definition) is 4. The highest BCUT2D eigenvalue weighted by molar-refractivity contribution is 9.10. The number of nitrogens with two attached hydrogens (primary N) is 2. The van der Waals surface area contributed by atoms with Gasteiger partial charge in [-0.3, -0.25) is 20.2 Å². The number of primary sulfonamides is 1. The Balaban J connectivity index is 0.000000227. The van der Waals surface area contributed by atoms with Gasteiger partial charge in [0, 0.05) is 45.1 Å². The molecule has 92 heavy (non-hydrogen) atoms. The molecule has 8 N–H and O–H groups in total. The van der Waals surface area contributed by atoms with Crippen LogP contribution >= 0.6 is 26.6 Å². The molecule has 6 aromatic carbocycles. The van der Waals surface area contributed by atoms with Crippen LogP contribution in [0.2, 0.25) is 0 Å². The first kappa shape index (κ1) is 77.2. The molecule has 0 saturated heterocycles. The lowest BCUT2D eigenvalue weighted by Gasteiger charge is -2.12. The minimum absolute atomic E-state index is 0. The SMILES string of the molecule is CC(C)CCON=O.CC1(O)CC1.CC1(Oc2ccc(Br)cc2)CC1.CC1(Oc2ccc(N)cc2)CC1.CC1(Oc2ccc(S(=O)(=O)Cl)cc2)CC1.CC1(Oc2ccc(S(N)(=O)=O)cc2)CC1.CC1(Oc2ccc([N+](=O)[O-])cc2)CC1.N.O=[N+]([O-])c1ccc(F)cc1. The van der Waals surface area contributed by atoms with Crippen molar-refractivity contribution in [3.63, 3.8) is 0 Å². The van der Waals surface area contributed by atoms with Crippen molar-refractivity contribution in [1.29, 1.82) is 0 Å². The quantitative estimate of drug-likeness (QED) is 0.0155. The van der Waals surface area contributed by atoms with E-state index in [4.69, 9.17) is 50.3 Å². The average Bonchev–Trinajstić information content (AvgIpc) is 1.86. The van der Waals surface area contributed by atoms with Crippen LogP contribution in [-0.4, -0.2) is 72.0 Å². The summed E-state index contributed by atoms with van der Waals surface area (Å²) in [6.07, 6.45) is 13.9. The van der Waals surface area contributed by atoms with Crippen LogP contribution in [0, 0.1) is 36.9 Å². The first-order valence-corrected chi connectivity index (χ1v) is 34.1. The highest BCUT2D eigenvalue weighted by Gasteiger charge is 2.43. The molecule has 27 heteroatoms. The first-order valence-electron chi connectivity index (χ1n) is 29.5. The number of hydrogen-bond acceptors (Lipinski definition) is 19. The Morgan fingerprint density at radius 2 is 0.815 bits per heavy atom. The summed E-state index contributed by atoms with van der Waals surface area (Å²) in [5.41, 5.74) is 6.18. The molecule has 0 bridgehead atoms. The number of nitrogen functional groups attached to an aromatic ring is 1. The summed E-state index contributed by atoms with van der Waals surface area (Å²) >= 11 is 3.39. The number of benzene rings is 6. The number of non-ortho nitro benzene ring substituents is 2. The predicted molar refractivity (Wildman–Crippen MR) is 356 cm³/mol. The summed E-state index contributed by atoms with van der Waals surface area (Å²) in [4.78, 5) is 33.1. The number of halogens is 3. The molecule has 0 heterocycles. The summed E-state index contributed by atoms with van der Waals surface area (Å²) in [5, 5.41) is 36.2. The number of nitro groups is 2. The van der Waals surface area contributed by atoms with Crippen LogP contribution in [0.4, 0.5) is 21.5 Å². The Bertz CT molecular complexity index is 3360. The van der Waals surface area contributed by atoms with E-state index in [-0.39, 0.29) is 60.9 Å². The van der Waals surface area contributed by atoms with Gasteiger partial charge in [-0.1, -0.05) is 29.8 Å². The van der Waals surface area contributed by atoms with Gasteiger partial charge < -0.3 is 45.5 Å². The van der Waals surface area contributed by atoms with E-state index in [0.29, 0.717) is 29.8 Å². The lowest BCUT2D eigenvalue weighted by atomic mass is 10.1. The highest BCUT2D eigenvalue weighted by atomic mass is 79.9. The average molecular weight is 1400 g/mol. The van der Waals surface area contributed by atoms with Crippen LogP contribution in [0.3, 0.4) is 0 Å². The van der Waals surface area contributed by atoms with Gasteiger partial charge in [0.05, 0.1) is 25.2 Å². The third kappa shape index (κ3) is 31.4. The van der Waals surface area contributed by atoms with Crippen molar-refractivity contribution in [3.8, 4) is 28.7 Å². The van der Waals surface area contributed by atoms with Gasteiger partial charge in [-0.05, 0) is 252 Å². The molecule has 0 radical (unpaired) electrons. The van der Waals surface area contributed by atoms with E-state index in [2.05, 4.69) is 53.8 Å². The van der Waals surface area contributed by atoms with Gasteiger partial charge >= 0.3 is 0 Å². The summed E-state index contributed by atoms with van der Waals surface area (Å²) < 4.78 is 85.5. The fourth-order valence-corrected chi connectivity index (χ4v) is 8.47. The van der Waals surface area contributed by atoms with Gasteiger partial charge in [0.15, 0.2) is 5.34 Å². The standard InChI is InChI=1S/C10H11BrO.C10H11ClO3S.C10H13NO3S.C10H11NO3.C10H13NO.C6H4FNO2.C5H11NO2.C4H8O.H3N/c1-10(6-7-10)12-9-4-2-8(11)3-5-9;2*1-10(6-7-10)14-8-2-4-9(5-3-8)15(11,12)13;1-10(6-7-10)14-9-4-2-8(3-5-9)11(12)13;1-10(6-7-10)12-9-4-2-8(11)3-5-9;7-5-1-3-6(4-2-5)8(9)10;1-5(2)3-4-8-6-7;1-4(5)2-3-4;/h2-5H,6-7H2,1H3;2-5H,6-7H2,1H3;2-5H,6-7H2,1H3,(H2,11,12,13);2-5H,6-7H2,1H3;2-5H,6-7,11H2,1H3;1-4H;5H,3-4H2,1-2H3;5H,2-3H2,1H3;1H3. The molecule has 0 spiro atoms. The van der Waals surface area contributed by atoms with Crippen LogP contribution < -0.4 is 40.7 Å². The van der Waals surface area contributed by atoms with Crippen LogP contribution in [0.5, 0.6) is 28.7 Å². The van der Waals surface area contributed by atoms with Gasteiger partial charge in [-0.15, -0.1) is 4.91 Å². The first-order chi connectivity index (χ1) is 42.4. The van der Waals surface area contributed by atoms with Crippen LogP contribution in [0.1, 0.15) is 139 Å². The molecule has 6 aliphatic carbocycles. The maximum Gasteiger partial charge on any atom is 0.269 e. The number of aliphatic hydroxyl groups is 1. The monoisotopic (exact) mass is 1400 g/mol. The largest absolute Gasteiger partial charge is 0.488 e. The Morgan fingerprint density at radius 3 is 1.07 bits per heavy atom. The predicted octanol–water partition coefficient (Wildman–Crippen LogP) is 16.1. The minimum Gasteiger partial charge on any atom is -0.488 e. The Kier molecular flexibility index (Phi) is 28.2. The molecule has 22 nitrogen and oxygen atoms in total. The van der Waals surface area contributed by atoms with Crippen molar-refractivity contribution >= 4 is 62.7 Å². The smallest absolute Gasteiger partial charge is 0.269 e. The molecule has 6 fully saturated rings. The number of rotatable bonds is 18. The molecule has 0 aliphatic heterocycles. The molecule has 0 amide bonds. The second kappa shape index (κ2) is 33.6. The van der Waals surface area contributed by atoms with E-state index in [1.165, 1.54) is 49.2 Å². The third-order valence-electron chi connectivity index (χ3n) is 14.4. The summed E-state index contributed by atoms with van der Waals surface area (Å²) in [5.74, 6) is 4.07. The van der Waals surface area contributed by atoms with Crippen molar-refractivity contribution in [2.75, 3.05) is 12.3 Å². The Labute approximate surface area is 551 Å². The van der Waals surface area contributed by atoms with Gasteiger partial charge in [0.25, 0.3) is 20.4 Å². The van der Waals surface area contributed by atoms with E-state index < -0.39 is 34.7 Å². The van der Waals surface area contributed by atoms with Crippen LogP contribution in [0.15, 0.2) is 165 Å². The molecular formula is C65H85BrClFN6O16S2. The summed E-state index contributed by atoms with van der Waals surface area (Å²) in [6.45, 7) is 16.8. The molecule has 6 saturated carbocycles. The van der Waals surface area contributed by atoms with Gasteiger partial charge in [-0.25, -0.2) is 26.4 Å². The maximum absolute atomic E-state index is 12.1. The van der Waals surface area contributed by atoms with Gasteiger partial charge in [-0.2, -0.15) is 0 Å². The Hall–Kier alpha value is -7.20. The van der Waals surface area contributed by atoms with Crippen LogP contribution in [-0.2, 0) is 23.9 Å². The fraction of sp³-hybridized carbons (Fsp3) is 0.446. The molecule has 0 aromatic heterocycles. The second-order valence-corrected chi connectivity index (χ2v) is 29.8. The zero-order chi connectivity index (χ0) is 67.5. The van der Waals surface area contributed by atoms with Crippen molar-refractivity contribution in [1.82, 2.24) is 6.15 Å². The number of sulfonamides is 1. The lowest BCUT2D eigenvalue weighted by Crippen LogP contribution is -2.13. The zero-order valence-electron chi connectivity index (χ0n) is 53.1. The van der Waals surface area contributed by atoms with E-state index in [0.717, 1.165) is 117 Å². The van der Waals surface area contributed by atoms with E-state index in [1.807, 2.05) is 76.2 Å². The molecule has 0 unspecified atom stereocenters. The molecule has 6 aliphatic rings. The van der Waals surface area contributed by atoms with E-state index in [1.54, 1.807) is 36.4 Å². The number of ether oxygens (including phenoxy) is 5. The zero-order valence-corrected chi connectivity index (χ0v) is 57.0. The van der Waals surface area contributed by atoms with Crippen molar-refractivity contribution in [2.24, 2.45) is 16.4 Å². The molecule has 6 aromatic rings. The van der Waals surface area contributed by atoms with Crippen molar-refractivity contribution < 1.29 is 64.7 Å². The third-order valence-corrected chi connectivity index (χ3v) is 17.3. The Morgan fingerprint density at radius 1 is 0.543 bits per heavy atom. The molecule has 0 atom stereocenters. The van der Waals surface area contributed by atoms with E-state index in [9.17, 15) is 46.4 Å². The number of nitrogens with zero attached hydrogens (tertiary/aromatic N) is 3. The lowest BCUT2D eigenvalue weighted by molar-refractivity contribution is -0.385. The summed E-state index contributed by atoms with van der Waals surface area (Å²) in [6, 6.07) is 38.4. The minimum atomic E-state index is -3.63. The molecule has 504 valence electrons. The topological polar surface area (TPSA) is 347 Å². The summed E-state index contributed by atoms with van der Waals surface area (Å²) in [7, 11) is -2.05. The van der Waals surface area contributed by atoms with E-state index >= 15 is 0 Å². The normalized spacial score (nSPS) is 17.1.